The number of carbonyl (C=O) groups excluding carboxylic acids is 7. The van der Waals surface area contributed by atoms with Crippen molar-refractivity contribution in [2.75, 3.05) is 6.61 Å². The van der Waals surface area contributed by atoms with E-state index < -0.39 is 107 Å². The van der Waals surface area contributed by atoms with E-state index in [1.165, 1.54) is 13.0 Å². The summed E-state index contributed by atoms with van der Waals surface area (Å²) >= 11 is 0. The van der Waals surface area contributed by atoms with Crippen LogP contribution in [0.15, 0.2) is 23.3 Å². The van der Waals surface area contributed by atoms with E-state index in [4.69, 9.17) is 23.7 Å². The van der Waals surface area contributed by atoms with Gasteiger partial charge in [-0.2, -0.15) is 0 Å². The van der Waals surface area contributed by atoms with Crippen LogP contribution in [0.3, 0.4) is 0 Å². The van der Waals surface area contributed by atoms with Gasteiger partial charge in [-0.1, -0.05) is 25.5 Å². The van der Waals surface area contributed by atoms with Gasteiger partial charge in [-0.25, -0.2) is 4.79 Å². The number of ketones is 2. The van der Waals surface area contributed by atoms with Crippen molar-refractivity contribution < 1.29 is 57.2 Å². The van der Waals surface area contributed by atoms with Crippen LogP contribution in [-0.2, 0) is 57.2 Å². The first kappa shape index (κ1) is 32.1. The molecule has 12 nitrogen and oxygen atoms in total. The Kier molecular flexibility index (Phi) is 8.47. The van der Waals surface area contributed by atoms with Gasteiger partial charge in [0.1, 0.15) is 18.8 Å². The number of esters is 5. The molecule has 0 amide bonds. The highest BCUT2D eigenvalue weighted by molar-refractivity contribution is 6.00. The van der Waals surface area contributed by atoms with E-state index in [9.17, 15) is 33.6 Å². The molecule has 0 aromatic rings. The fourth-order valence-electron chi connectivity index (χ4n) is 8.22. The summed E-state index contributed by atoms with van der Waals surface area (Å²) in [7, 11) is 0. The number of carbonyl (C=O) groups is 7. The molecule has 234 valence electrons. The highest BCUT2D eigenvalue weighted by Gasteiger charge is 2.79. The second-order valence-electron chi connectivity index (χ2n) is 12.3. The normalized spacial score (nSPS) is 38.5. The lowest BCUT2D eigenvalue weighted by atomic mass is 9.37. The molecule has 12 heteroatoms. The zero-order valence-electron chi connectivity index (χ0n) is 25.6. The molecule has 0 radical (unpaired) electrons. The lowest BCUT2D eigenvalue weighted by molar-refractivity contribution is -0.291. The molecule has 4 aliphatic rings. The Morgan fingerprint density at radius 2 is 1.63 bits per heavy atom. The highest BCUT2D eigenvalue weighted by Crippen LogP contribution is 2.68. The Morgan fingerprint density at radius 1 is 1.00 bits per heavy atom. The van der Waals surface area contributed by atoms with Crippen LogP contribution in [0.2, 0.25) is 0 Å². The van der Waals surface area contributed by atoms with Crippen molar-refractivity contribution in [3.8, 4) is 0 Å². The molecular weight excluding hydrogens is 564 g/mol. The van der Waals surface area contributed by atoms with Crippen LogP contribution in [-0.4, -0.2) is 72.4 Å². The number of rotatable bonds is 6. The molecule has 0 bridgehead atoms. The first-order valence-electron chi connectivity index (χ1n) is 14.3. The minimum absolute atomic E-state index is 0.239. The molecule has 0 N–H and O–H groups in total. The third-order valence-electron chi connectivity index (χ3n) is 9.78. The number of hydrogen-bond acceptors (Lipinski definition) is 12. The standard InChI is InChI=1S/C31H38O12/c1-9-13(2)29(38)43-25-22-14(3)10-20(35)27(41-18(7)34)30(22,8)26-23(37)24(40-17(6)33)15(4)19-11-21(36)42-28(25)31(19,26)12-39-16(5)32/h9-10,15,19,22,24-28H,11-12H2,1-8H3/b13-9+/t15-,19+,22-,24-,25-,26?,27-,28?,30+,31+/m1/s1. The summed E-state index contributed by atoms with van der Waals surface area (Å²) in [6.07, 6.45) is -2.88. The van der Waals surface area contributed by atoms with Gasteiger partial charge in [0.25, 0.3) is 0 Å². The Morgan fingerprint density at radius 3 is 2.19 bits per heavy atom. The molecular formula is C31H38O12. The molecule has 3 aliphatic carbocycles. The van der Waals surface area contributed by atoms with Crippen LogP contribution in [0.1, 0.15) is 61.8 Å². The second kappa shape index (κ2) is 11.3. The Labute approximate surface area is 249 Å². The van der Waals surface area contributed by atoms with Gasteiger partial charge in [0.05, 0.1) is 5.41 Å². The van der Waals surface area contributed by atoms with Gasteiger partial charge in [0.15, 0.2) is 23.8 Å². The highest BCUT2D eigenvalue weighted by atomic mass is 16.6. The largest absolute Gasteiger partial charge is 0.465 e. The van der Waals surface area contributed by atoms with Crippen molar-refractivity contribution >= 4 is 41.4 Å². The number of allylic oxidation sites excluding steroid dienone is 1. The summed E-state index contributed by atoms with van der Waals surface area (Å²) in [6.45, 7) is 11.1. The zero-order chi connectivity index (χ0) is 32.2. The number of Topliss-reactive ketones (excluding diaryl/α,β-unsaturated/α-hetero) is 1. The van der Waals surface area contributed by atoms with E-state index in [1.807, 2.05) is 0 Å². The average Bonchev–Trinajstić information content (AvgIpc) is 2.90. The maximum absolute atomic E-state index is 14.7. The molecule has 1 aliphatic heterocycles. The van der Waals surface area contributed by atoms with E-state index in [-0.39, 0.29) is 12.0 Å². The lowest BCUT2D eigenvalue weighted by Gasteiger charge is -2.68. The fraction of sp³-hybridized carbons (Fsp3) is 0.645. The molecule has 0 aromatic heterocycles. The lowest BCUT2D eigenvalue weighted by Crippen LogP contribution is -2.79. The van der Waals surface area contributed by atoms with Crippen LogP contribution in [0.4, 0.5) is 0 Å². The van der Waals surface area contributed by atoms with Crippen molar-refractivity contribution in [1.82, 2.24) is 0 Å². The zero-order valence-corrected chi connectivity index (χ0v) is 25.6. The molecule has 2 saturated carbocycles. The Balaban J connectivity index is 2.11. The Bertz CT molecular complexity index is 1340. The third-order valence-corrected chi connectivity index (χ3v) is 9.78. The van der Waals surface area contributed by atoms with Crippen LogP contribution in [0, 0.1) is 34.5 Å². The maximum Gasteiger partial charge on any atom is 0.333 e. The summed E-state index contributed by atoms with van der Waals surface area (Å²) in [5.74, 6) is -8.64. The predicted molar refractivity (Wildman–Crippen MR) is 145 cm³/mol. The van der Waals surface area contributed by atoms with Gasteiger partial charge in [-0.3, -0.25) is 28.8 Å². The fourth-order valence-corrected chi connectivity index (χ4v) is 8.22. The van der Waals surface area contributed by atoms with Crippen molar-refractivity contribution in [3.05, 3.63) is 23.3 Å². The van der Waals surface area contributed by atoms with Crippen molar-refractivity contribution in [2.45, 2.75) is 86.2 Å². The monoisotopic (exact) mass is 602 g/mol. The SMILES string of the molecule is C/C=C(\C)C(=O)O[C@H]1C2OC(=O)C[C@H]3[C@@H](C)[C@@H](OC(C)=O)C(=O)C([C@@]23COC(C)=O)[C@@]2(C)[C@H](OC(C)=O)C(=O)C=C(C)[C@H]12. The molecule has 10 atom stereocenters. The van der Waals surface area contributed by atoms with Gasteiger partial charge < -0.3 is 23.7 Å². The molecule has 0 spiro atoms. The molecule has 4 rings (SSSR count). The first-order chi connectivity index (χ1) is 20.0. The molecule has 43 heavy (non-hydrogen) atoms. The van der Waals surface area contributed by atoms with Gasteiger partial charge in [-0.05, 0) is 32.8 Å². The van der Waals surface area contributed by atoms with Crippen molar-refractivity contribution in [1.29, 1.82) is 0 Å². The van der Waals surface area contributed by atoms with Gasteiger partial charge >= 0.3 is 29.8 Å². The van der Waals surface area contributed by atoms with Gasteiger partial charge in [0.2, 0.25) is 0 Å². The van der Waals surface area contributed by atoms with Crippen LogP contribution in [0.5, 0.6) is 0 Å². The average molecular weight is 603 g/mol. The smallest absolute Gasteiger partial charge is 0.333 e. The van der Waals surface area contributed by atoms with E-state index in [0.29, 0.717) is 5.57 Å². The molecule has 2 unspecified atom stereocenters. The van der Waals surface area contributed by atoms with E-state index in [0.717, 1.165) is 13.8 Å². The molecule has 1 saturated heterocycles. The van der Waals surface area contributed by atoms with E-state index in [1.54, 1.807) is 40.7 Å². The number of ether oxygens (including phenoxy) is 5. The number of hydrogen-bond donors (Lipinski definition) is 0. The van der Waals surface area contributed by atoms with Crippen molar-refractivity contribution in [2.24, 2.45) is 34.5 Å². The van der Waals surface area contributed by atoms with Gasteiger partial charge in [0, 0.05) is 55.9 Å². The number of fused-ring (bicyclic) bond motifs is 2. The van der Waals surface area contributed by atoms with E-state index >= 15 is 0 Å². The summed E-state index contributed by atoms with van der Waals surface area (Å²) in [4.78, 5) is 91.8. The first-order valence-corrected chi connectivity index (χ1v) is 14.3. The second-order valence-corrected chi connectivity index (χ2v) is 12.3. The summed E-state index contributed by atoms with van der Waals surface area (Å²) in [5.41, 5.74) is -2.51. The Hall–Kier alpha value is -3.83. The molecule has 3 fully saturated rings. The van der Waals surface area contributed by atoms with Crippen LogP contribution in [0.25, 0.3) is 0 Å². The molecule has 1 heterocycles. The summed E-state index contributed by atoms with van der Waals surface area (Å²) in [6, 6.07) is 0. The van der Waals surface area contributed by atoms with Crippen LogP contribution >= 0.6 is 0 Å². The van der Waals surface area contributed by atoms with Gasteiger partial charge in [-0.15, -0.1) is 0 Å². The van der Waals surface area contributed by atoms with E-state index in [2.05, 4.69) is 0 Å². The summed E-state index contributed by atoms with van der Waals surface area (Å²) in [5, 5.41) is 0. The predicted octanol–water partition coefficient (Wildman–Crippen LogP) is 2.21. The van der Waals surface area contributed by atoms with Crippen LogP contribution < -0.4 is 0 Å². The quantitative estimate of drug-likeness (QED) is 0.248. The summed E-state index contributed by atoms with van der Waals surface area (Å²) < 4.78 is 28.9. The molecule has 0 aromatic carbocycles. The maximum atomic E-state index is 14.7. The minimum Gasteiger partial charge on any atom is -0.465 e. The van der Waals surface area contributed by atoms with Crippen molar-refractivity contribution in [3.63, 3.8) is 0 Å². The third kappa shape index (κ3) is 4.98. The minimum atomic E-state index is -1.62. The topological polar surface area (TPSA) is 166 Å².